The number of hydrogen-bond donors (Lipinski definition) is 2. The molecule has 1 aromatic carbocycles. The highest BCUT2D eigenvalue weighted by atomic mass is 16.5. The minimum atomic E-state index is -0.0710. The van der Waals surface area contributed by atoms with Gasteiger partial charge in [0.2, 0.25) is 0 Å². The molecule has 5 nitrogen and oxygen atoms in total. The molecule has 0 aliphatic heterocycles. The predicted octanol–water partition coefficient (Wildman–Crippen LogP) is 2.74. The van der Waals surface area contributed by atoms with Gasteiger partial charge in [0.25, 0.3) is 5.91 Å². The van der Waals surface area contributed by atoms with Gasteiger partial charge in [0.05, 0.1) is 6.61 Å². The van der Waals surface area contributed by atoms with Crippen molar-refractivity contribution >= 4 is 5.91 Å². The summed E-state index contributed by atoms with van der Waals surface area (Å²) in [6.45, 7) is 1.73. The number of methoxy groups -OCH3 is 1. The fourth-order valence-electron chi connectivity index (χ4n) is 3.28. The molecule has 1 fully saturated rings. The van der Waals surface area contributed by atoms with Gasteiger partial charge in [-0.1, -0.05) is 25.3 Å². The van der Waals surface area contributed by atoms with Gasteiger partial charge in [0.15, 0.2) is 0 Å². The van der Waals surface area contributed by atoms with Gasteiger partial charge in [0, 0.05) is 38.3 Å². The standard InChI is InChI=1S/C19H30N2O3/c1-23-11-6-12-24-17-10-5-9-16(13-17)19(22)21-18(14-20)15-7-3-2-4-8-15/h5,9-10,13,15,18H,2-4,6-8,11-12,14,20H2,1H3,(H,21,22). The van der Waals surface area contributed by atoms with Crippen LogP contribution in [0.1, 0.15) is 48.9 Å². The number of carbonyl (C=O) groups is 1. The van der Waals surface area contributed by atoms with Crippen LogP contribution in [-0.2, 0) is 4.74 Å². The van der Waals surface area contributed by atoms with Crippen LogP contribution in [0.15, 0.2) is 24.3 Å². The second kappa shape index (κ2) is 10.3. The smallest absolute Gasteiger partial charge is 0.251 e. The molecule has 1 aliphatic rings. The molecular weight excluding hydrogens is 304 g/mol. The maximum Gasteiger partial charge on any atom is 0.251 e. The molecule has 1 atom stereocenters. The first kappa shape index (κ1) is 18.7. The molecule has 1 saturated carbocycles. The van der Waals surface area contributed by atoms with E-state index in [0.29, 0.717) is 37.0 Å². The fraction of sp³-hybridized carbons (Fsp3) is 0.632. The van der Waals surface area contributed by atoms with E-state index in [-0.39, 0.29) is 11.9 Å². The third kappa shape index (κ3) is 5.80. The van der Waals surface area contributed by atoms with Crippen molar-refractivity contribution in [2.75, 3.05) is 26.9 Å². The molecule has 0 aromatic heterocycles. The molecule has 1 aliphatic carbocycles. The molecule has 0 bridgehead atoms. The minimum absolute atomic E-state index is 0.0593. The zero-order valence-electron chi connectivity index (χ0n) is 14.6. The van der Waals surface area contributed by atoms with Gasteiger partial charge in [-0.25, -0.2) is 0 Å². The van der Waals surface area contributed by atoms with Crippen LogP contribution in [-0.4, -0.2) is 38.8 Å². The van der Waals surface area contributed by atoms with E-state index in [9.17, 15) is 4.79 Å². The number of nitrogens with one attached hydrogen (secondary N) is 1. The molecule has 0 saturated heterocycles. The highest BCUT2D eigenvalue weighted by Gasteiger charge is 2.24. The fourth-order valence-corrected chi connectivity index (χ4v) is 3.28. The van der Waals surface area contributed by atoms with E-state index >= 15 is 0 Å². The summed E-state index contributed by atoms with van der Waals surface area (Å²) in [6, 6.07) is 7.37. The molecule has 1 aromatic rings. The van der Waals surface area contributed by atoms with Crippen molar-refractivity contribution in [1.29, 1.82) is 0 Å². The van der Waals surface area contributed by atoms with Gasteiger partial charge in [0.1, 0.15) is 5.75 Å². The normalized spacial score (nSPS) is 16.6. The lowest BCUT2D eigenvalue weighted by Crippen LogP contribution is -2.45. The second-order valence-corrected chi connectivity index (χ2v) is 6.44. The number of rotatable bonds is 9. The number of carbonyl (C=O) groups excluding carboxylic acids is 1. The molecule has 2 rings (SSSR count). The summed E-state index contributed by atoms with van der Waals surface area (Å²) in [6.07, 6.45) is 6.91. The van der Waals surface area contributed by atoms with Crippen LogP contribution in [0.3, 0.4) is 0 Å². The molecule has 1 unspecified atom stereocenters. The van der Waals surface area contributed by atoms with Crippen molar-refractivity contribution in [3.63, 3.8) is 0 Å². The SMILES string of the molecule is COCCCOc1cccc(C(=O)NC(CN)C2CCCCC2)c1. The van der Waals surface area contributed by atoms with Crippen molar-refractivity contribution < 1.29 is 14.3 Å². The molecule has 1 amide bonds. The summed E-state index contributed by atoms with van der Waals surface area (Å²) in [4.78, 5) is 12.5. The van der Waals surface area contributed by atoms with E-state index in [2.05, 4.69) is 5.32 Å². The summed E-state index contributed by atoms with van der Waals surface area (Å²) >= 11 is 0. The first-order chi connectivity index (χ1) is 11.7. The lowest BCUT2D eigenvalue weighted by Gasteiger charge is -2.30. The van der Waals surface area contributed by atoms with Gasteiger partial charge in [-0.3, -0.25) is 4.79 Å². The van der Waals surface area contributed by atoms with Crippen LogP contribution in [0.2, 0.25) is 0 Å². The van der Waals surface area contributed by atoms with E-state index in [1.165, 1.54) is 19.3 Å². The quantitative estimate of drug-likeness (QED) is 0.681. The van der Waals surface area contributed by atoms with E-state index < -0.39 is 0 Å². The molecule has 0 radical (unpaired) electrons. The number of benzene rings is 1. The third-order valence-corrected chi connectivity index (χ3v) is 4.65. The van der Waals surface area contributed by atoms with Crippen molar-refractivity contribution in [2.45, 2.75) is 44.6 Å². The van der Waals surface area contributed by atoms with E-state index in [4.69, 9.17) is 15.2 Å². The zero-order valence-corrected chi connectivity index (χ0v) is 14.6. The summed E-state index contributed by atoms with van der Waals surface area (Å²) in [5.74, 6) is 1.14. The molecule has 134 valence electrons. The molecule has 5 heteroatoms. The van der Waals surface area contributed by atoms with Gasteiger partial charge in [-0.05, 0) is 37.0 Å². The Morgan fingerprint density at radius 1 is 1.29 bits per heavy atom. The van der Waals surface area contributed by atoms with Gasteiger partial charge >= 0.3 is 0 Å². The molecule has 0 spiro atoms. The highest BCUT2D eigenvalue weighted by molar-refractivity contribution is 5.94. The Labute approximate surface area is 144 Å². The van der Waals surface area contributed by atoms with E-state index in [0.717, 1.165) is 19.3 Å². The first-order valence-electron chi connectivity index (χ1n) is 8.97. The summed E-state index contributed by atoms with van der Waals surface area (Å²) < 4.78 is 10.7. The maximum absolute atomic E-state index is 12.5. The van der Waals surface area contributed by atoms with Crippen LogP contribution in [0.4, 0.5) is 0 Å². The Hall–Kier alpha value is -1.59. The number of amides is 1. The molecule has 3 N–H and O–H groups in total. The third-order valence-electron chi connectivity index (χ3n) is 4.65. The Bertz CT molecular complexity index is 501. The van der Waals surface area contributed by atoms with Crippen LogP contribution in [0, 0.1) is 5.92 Å². The Morgan fingerprint density at radius 3 is 2.79 bits per heavy atom. The van der Waals surface area contributed by atoms with Gasteiger partial charge < -0.3 is 20.5 Å². The predicted molar refractivity (Wildman–Crippen MR) is 95.3 cm³/mol. The second-order valence-electron chi connectivity index (χ2n) is 6.44. The summed E-state index contributed by atoms with van der Waals surface area (Å²) in [5, 5.41) is 3.12. The largest absolute Gasteiger partial charge is 0.493 e. The lowest BCUT2D eigenvalue weighted by atomic mass is 9.84. The van der Waals surface area contributed by atoms with Crippen molar-refractivity contribution in [1.82, 2.24) is 5.32 Å². The van der Waals surface area contributed by atoms with Crippen LogP contribution in [0.5, 0.6) is 5.75 Å². The van der Waals surface area contributed by atoms with E-state index in [1.54, 1.807) is 13.2 Å². The van der Waals surface area contributed by atoms with Crippen molar-refractivity contribution in [2.24, 2.45) is 11.7 Å². The van der Waals surface area contributed by atoms with Crippen molar-refractivity contribution in [3.05, 3.63) is 29.8 Å². The number of ether oxygens (including phenoxy) is 2. The first-order valence-corrected chi connectivity index (χ1v) is 8.97. The topological polar surface area (TPSA) is 73.6 Å². The minimum Gasteiger partial charge on any atom is -0.493 e. The number of hydrogen-bond acceptors (Lipinski definition) is 4. The Balaban J connectivity index is 1.90. The van der Waals surface area contributed by atoms with Gasteiger partial charge in [-0.2, -0.15) is 0 Å². The van der Waals surface area contributed by atoms with Crippen LogP contribution < -0.4 is 15.8 Å². The van der Waals surface area contributed by atoms with Crippen LogP contribution in [0.25, 0.3) is 0 Å². The number of nitrogens with two attached hydrogens (primary N) is 1. The molecule has 24 heavy (non-hydrogen) atoms. The maximum atomic E-state index is 12.5. The molecule has 0 heterocycles. The summed E-state index contributed by atoms with van der Waals surface area (Å²) in [5.41, 5.74) is 6.52. The zero-order chi connectivity index (χ0) is 17.2. The lowest BCUT2D eigenvalue weighted by molar-refractivity contribution is 0.0915. The monoisotopic (exact) mass is 334 g/mol. The highest BCUT2D eigenvalue weighted by Crippen LogP contribution is 2.26. The molecular formula is C19H30N2O3. The van der Waals surface area contributed by atoms with Crippen molar-refractivity contribution in [3.8, 4) is 5.75 Å². The van der Waals surface area contributed by atoms with E-state index in [1.807, 2.05) is 18.2 Å². The van der Waals surface area contributed by atoms with Gasteiger partial charge in [-0.15, -0.1) is 0 Å². The summed E-state index contributed by atoms with van der Waals surface area (Å²) in [7, 11) is 1.67. The van der Waals surface area contributed by atoms with Crippen LogP contribution >= 0.6 is 0 Å². The average Bonchev–Trinajstić information content (AvgIpc) is 2.64. The average molecular weight is 334 g/mol. The Morgan fingerprint density at radius 2 is 2.08 bits per heavy atom. The Kier molecular flexibility index (Phi) is 8.05.